The van der Waals surface area contributed by atoms with Crippen molar-refractivity contribution >= 4 is 39.1 Å². The molecule has 0 aliphatic carbocycles. The molecule has 0 saturated carbocycles. The number of halogens is 2. The predicted octanol–water partition coefficient (Wildman–Crippen LogP) is 3.77. The second-order valence-electron chi connectivity index (χ2n) is 4.00. The summed E-state index contributed by atoms with van der Waals surface area (Å²) in [5.74, 6) is 0.0824. The molecule has 5 heteroatoms. The molecule has 0 spiro atoms. The van der Waals surface area contributed by atoms with Crippen molar-refractivity contribution in [2.75, 3.05) is 18.4 Å². The summed E-state index contributed by atoms with van der Waals surface area (Å²) in [6.45, 7) is 7.23. The molecule has 18 heavy (non-hydrogen) atoms. The van der Waals surface area contributed by atoms with Crippen LogP contribution in [0.5, 0.6) is 0 Å². The molecule has 0 aromatic heterocycles. The van der Waals surface area contributed by atoms with E-state index in [-0.39, 0.29) is 11.9 Å². The molecular formula is C13H18BrClN2O. The van der Waals surface area contributed by atoms with E-state index >= 15 is 0 Å². The van der Waals surface area contributed by atoms with Crippen LogP contribution in [-0.2, 0) is 4.79 Å². The molecule has 1 aromatic carbocycles. The Bertz CT molecular complexity index is 421. The Morgan fingerprint density at radius 2 is 2.06 bits per heavy atom. The molecule has 1 atom stereocenters. The van der Waals surface area contributed by atoms with E-state index < -0.39 is 0 Å². The topological polar surface area (TPSA) is 32.3 Å². The molecule has 1 N–H and O–H groups in total. The average Bonchev–Trinajstić information content (AvgIpc) is 2.34. The first-order valence-corrected chi connectivity index (χ1v) is 7.17. The average molecular weight is 334 g/mol. The second kappa shape index (κ2) is 7.00. The van der Waals surface area contributed by atoms with Crippen LogP contribution in [0.4, 0.5) is 5.69 Å². The van der Waals surface area contributed by atoms with Crippen molar-refractivity contribution in [2.24, 2.45) is 0 Å². The monoisotopic (exact) mass is 332 g/mol. The summed E-state index contributed by atoms with van der Waals surface area (Å²) in [6, 6.07) is 5.27. The lowest BCUT2D eigenvalue weighted by Gasteiger charge is -2.24. The Morgan fingerprint density at radius 3 is 2.56 bits per heavy atom. The highest BCUT2D eigenvalue weighted by Crippen LogP contribution is 2.26. The highest BCUT2D eigenvalue weighted by Gasteiger charge is 2.18. The molecular weight excluding hydrogens is 316 g/mol. The molecule has 0 aliphatic rings. The number of rotatable bonds is 5. The molecule has 0 saturated heterocycles. The third-order valence-corrected chi connectivity index (χ3v) is 3.55. The minimum Gasteiger partial charge on any atom is -0.373 e. The van der Waals surface area contributed by atoms with Crippen LogP contribution in [-0.4, -0.2) is 29.9 Å². The highest BCUT2D eigenvalue weighted by molar-refractivity contribution is 9.10. The lowest BCUT2D eigenvalue weighted by Crippen LogP contribution is -2.41. The largest absolute Gasteiger partial charge is 0.373 e. The van der Waals surface area contributed by atoms with Gasteiger partial charge in [-0.05, 0) is 39.0 Å². The molecule has 0 fully saturated rings. The number of amides is 1. The van der Waals surface area contributed by atoms with E-state index in [9.17, 15) is 4.79 Å². The lowest BCUT2D eigenvalue weighted by atomic mass is 10.2. The van der Waals surface area contributed by atoms with Crippen LogP contribution < -0.4 is 5.32 Å². The first-order valence-electron chi connectivity index (χ1n) is 6.00. The Labute approximate surface area is 122 Å². The van der Waals surface area contributed by atoms with E-state index in [1.54, 1.807) is 11.0 Å². The first kappa shape index (κ1) is 15.3. The van der Waals surface area contributed by atoms with Gasteiger partial charge in [0.1, 0.15) is 6.04 Å². The normalized spacial score (nSPS) is 12.1. The maximum Gasteiger partial charge on any atom is 0.244 e. The van der Waals surface area contributed by atoms with Crippen LogP contribution >= 0.6 is 27.5 Å². The molecule has 0 aliphatic heterocycles. The van der Waals surface area contributed by atoms with Crippen LogP contribution in [0, 0.1) is 0 Å². The number of carbonyl (C=O) groups is 1. The molecule has 1 aromatic rings. The van der Waals surface area contributed by atoms with Crippen LogP contribution in [0.15, 0.2) is 22.7 Å². The van der Waals surface area contributed by atoms with Crippen molar-refractivity contribution in [1.29, 1.82) is 0 Å². The van der Waals surface area contributed by atoms with Gasteiger partial charge in [-0.15, -0.1) is 0 Å². The number of carbonyl (C=O) groups excluding carboxylic acids is 1. The minimum atomic E-state index is -0.288. The number of nitrogens with zero attached hydrogens (tertiary/aromatic N) is 1. The Morgan fingerprint density at radius 1 is 1.44 bits per heavy atom. The fourth-order valence-corrected chi connectivity index (χ4v) is 2.44. The summed E-state index contributed by atoms with van der Waals surface area (Å²) < 4.78 is 0.917. The Balaban J connectivity index is 2.75. The summed E-state index contributed by atoms with van der Waals surface area (Å²) >= 11 is 9.46. The van der Waals surface area contributed by atoms with Gasteiger partial charge in [0.15, 0.2) is 0 Å². The lowest BCUT2D eigenvalue weighted by molar-refractivity contribution is -0.131. The SMILES string of the molecule is CCN(CC)C(=O)C(C)Nc1ccc(Br)cc1Cl. The molecule has 3 nitrogen and oxygen atoms in total. The zero-order valence-corrected chi connectivity index (χ0v) is 13.2. The maximum atomic E-state index is 12.1. The summed E-state index contributed by atoms with van der Waals surface area (Å²) in [5.41, 5.74) is 0.771. The van der Waals surface area contributed by atoms with Crippen LogP contribution in [0.3, 0.4) is 0 Å². The minimum absolute atomic E-state index is 0.0824. The Kier molecular flexibility index (Phi) is 5.96. The predicted molar refractivity (Wildman–Crippen MR) is 80.2 cm³/mol. The van der Waals surface area contributed by atoms with Gasteiger partial charge in [-0.25, -0.2) is 0 Å². The molecule has 1 unspecified atom stereocenters. The number of hydrogen-bond donors (Lipinski definition) is 1. The van der Waals surface area contributed by atoms with Gasteiger partial charge in [0.2, 0.25) is 5.91 Å². The summed E-state index contributed by atoms with van der Waals surface area (Å²) in [7, 11) is 0. The van der Waals surface area contributed by atoms with E-state index in [0.717, 1.165) is 23.2 Å². The number of anilines is 1. The number of likely N-dealkylation sites (N-methyl/N-ethyl adjacent to an activating group) is 1. The van der Waals surface area contributed by atoms with Crippen LogP contribution in [0.25, 0.3) is 0 Å². The Hall–Kier alpha value is -0.740. The van der Waals surface area contributed by atoms with E-state index in [0.29, 0.717) is 5.02 Å². The van der Waals surface area contributed by atoms with Gasteiger partial charge in [-0.3, -0.25) is 4.79 Å². The van der Waals surface area contributed by atoms with Gasteiger partial charge >= 0.3 is 0 Å². The summed E-state index contributed by atoms with van der Waals surface area (Å²) in [4.78, 5) is 13.9. The maximum absolute atomic E-state index is 12.1. The van der Waals surface area contributed by atoms with E-state index in [1.165, 1.54) is 0 Å². The van der Waals surface area contributed by atoms with Crippen LogP contribution in [0.1, 0.15) is 20.8 Å². The quantitative estimate of drug-likeness (QED) is 0.889. The van der Waals surface area contributed by atoms with Gasteiger partial charge in [0, 0.05) is 17.6 Å². The van der Waals surface area contributed by atoms with Crippen molar-refractivity contribution in [3.05, 3.63) is 27.7 Å². The van der Waals surface area contributed by atoms with E-state index in [4.69, 9.17) is 11.6 Å². The number of hydrogen-bond acceptors (Lipinski definition) is 2. The third-order valence-electron chi connectivity index (χ3n) is 2.75. The zero-order chi connectivity index (χ0) is 13.7. The first-order chi connectivity index (χ1) is 8.49. The highest BCUT2D eigenvalue weighted by atomic mass is 79.9. The molecule has 1 amide bonds. The fourth-order valence-electron chi connectivity index (χ4n) is 1.71. The second-order valence-corrected chi connectivity index (χ2v) is 5.32. The molecule has 100 valence electrons. The third kappa shape index (κ3) is 3.89. The van der Waals surface area contributed by atoms with Gasteiger partial charge in [0.25, 0.3) is 0 Å². The van der Waals surface area contributed by atoms with Gasteiger partial charge in [-0.2, -0.15) is 0 Å². The van der Waals surface area contributed by atoms with Gasteiger partial charge in [0.05, 0.1) is 10.7 Å². The van der Waals surface area contributed by atoms with Gasteiger partial charge < -0.3 is 10.2 Å². The van der Waals surface area contributed by atoms with E-state index in [1.807, 2.05) is 32.9 Å². The smallest absolute Gasteiger partial charge is 0.244 e. The van der Waals surface area contributed by atoms with E-state index in [2.05, 4.69) is 21.2 Å². The standard InChI is InChI=1S/C13H18BrClN2O/c1-4-17(5-2)13(18)9(3)16-12-7-6-10(14)8-11(12)15/h6-9,16H,4-5H2,1-3H3. The van der Waals surface area contributed by atoms with Crippen molar-refractivity contribution in [3.63, 3.8) is 0 Å². The molecule has 0 heterocycles. The summed E-state index contributed by atoms with van der Waals surface area (Å²) in [5, 5.41) is 3.74. The van der Waals surface area contributed by atoms with Crippen molar-refractivity contribution in [3.8, 4) is 0 Å². The number of nitrogens with one attached hydrogen (secondary N) is 1. The van der Waals surface area contributed by atoms with Crippen molar-refractivity contribution < 1.29 is 4.79 Å². The molecule has 0 bridgehead atoms. The summed E-state index contributed by atoms with van der Waals surface area (Å²) in [6.07, 6.45) is 0. The van der Waals surface area contributed by atoms with Crippen molar-refractivity contribution in [2.45, 2.75) is 26.8 Å². The van der Waals surface area contributed by atoms with Gasteiger partial charge in [-0.1, -0.05) is 27.5 Å². The molecule has 1 rings (SSSR count). The number of benzene rings is 1. The molecule has 0 radical (unpaired) electrons. The zero-order valence-electron chi connectivity index (χ0n) is 10.8. The van der Waals surface area contributed by atoms with Crippen molar-refractivity contribution in [1.82, 2.24) is 4.90 Å². The van der Waals surface area contributed by atoms with Crippen LogP contribution in [0.2, 0.25) is 5.02 Å². The fraction of sp³-hybridized carbons (Fsp3) is 0.462.